The second-order valence-corrected chi connectivity index (χ2v) is 7.63. The Balaban J connectivity index is 1.97. The lowest BCUT2D eigenvalue weighted by atomic mass is 10.3. The van der Waals surface area contributed by atoms with Crippen molar-refractivity contribution < 1.29 is 13.2 Å². The van der Waals surface area contributed by atoms with Gasteiger partial charge >= 0.3 is 0 Å². The molecule has 7 heteroatoms. The normalized spacial score (nSPS) is 18.0. The minimum atomic E-state index is -3.41. The zero-order valence-corrected chi connectivity index (χ0v) is 14.6. The van der Waals surface area contributed by atoms with Crippen LogP contribution in [0, 0.1) is 0 Å². The van der Waals surface area contributed by atoms with Gasteiger partial charge in [0.25, 0.3) is 0 Å². The first-order valence-electron chi connectivity index (χ1n) is 7.10. The van der Waals surface area contributed by atoms with E-state index in [9.17, 15) is 8.42 Å². The molecule has 1 heterocycles. The maximum Gasteiger partial charge on any atom is 0.244 e. The van der Waals surface area contributed by atoms with E-state index in [1.165, 1.54) is 0 Å². The van der Waals surface area contributed by atoms with E-state index in [1.807, 2.05) is 13.0 Å². The van der Waals surface area contributed by atoms with Crippen molar-refractivity contribution in [1.82, 2.24) is 9.21 Å². The van der Waals surface area contributed by atoms with Gasteiger partial charge in [0.15, 0.2) is 0 Å². The molecule has 5 nitrogen and oxygen atoms in total. The highest BCUT2D eigenvalue weighted by Crippen LogP contribution is 2.25. The van der Waals surface area contributed by atoms with E-state index in [1.54, 1.807) is 22.5 Å². The number of nitrogens with zero attached hydrogens (tertiary/aromatic N) is 2. The van der Waals surface area contributed by atoms with E-state index < -0.39 is 10.0 Å². The van der Waals surface area contributed by atoms with Crippen LogP contribution in [-0.2, 0) is 14.8 Å². The Morgan fingerprint density at radius 1 is 1.19 bits per heavy atom. The Morgan fingerprint density at radius 2 is 1.86 bits per heavy atom. The van der Waals surface area contributed by atoms with E-state index in [2.05, 4.69) is 20.8 Å². The molecule has 21 heavy (non-hydrogen) atoms. The monoisotopic (exact) mass is 376 g/mol. The first-order chi connectivity index (χ1) is 10.1. The molecule has 1 aromatic rings. The van der Waals surface area contributed by atoms with E-state index >= 15 is 0 Å². The van der Waals surface area contributed by atoms with Gasteiger partial charge in [0.2, 0.25) is 10.0 Å². The summed E-state index contributed by atoms with van der Waals surface area (Å²) < 4.78 is 32.8. The van der Waals surface area contributed by atoms with Gasteiger partial charge in [0.05, 0.1) is 11.5 Å². The smallest absolute Gasteiger partial charge is 0.244 e. The summed E-state index contributed by atoms with van der Waals surface area (Å²) in [7, 11) is -3.41. The van der Waals surface area contributed by atoms with Crippen LogP contribution in [0.3, 0.4) is 0 Å². The maximum atomic E-state index is 12.6. The van der Waals surface area contributed by atoms with Gasteiger partial charge in [-0.1, -0.05) is 12.1 Å². The van der Waals surface area contributed by atoms with Crippen molar-refractivity contribution in [3.8, 4) is 0 Å². The average molecular weight is 377 g/mol. The van der Waals surface area contributed by atoms with Crippen molar-refractivity contribution in [2.45, 2.75) is 11.8 Å². The molecule has 0 N–H and O–H groups in total. The van der Waals surface area contributed by atoms with E-state index in [0.717, 1.165) is 26.2 Å². The highest BCUT2D eigenvalue weighted by atomic mass is 79.9. The van der Waals surface area contributed by atoms with Gasteiger partial charge in [0, 0.05) is 43.8 Å². The fourth-order valence-electron chi connectivity index (χ4n) is 2.32. The fraction of sp³-hybridized carbons (Fsp3) is 0.571. The van der Waals surface area contributed by atoms with Crippen LogP contribution in [0.4, 0.5) is 0 Å². The van der Waals surface area contributed by atoms with Gasteiger partial charge in [-0.15, -0.1) is 0 Å². The van der Waals surface area contributed by atoms with Crippen LogP contribution in [0.1, 0.15) is 6.92 Å². The molecule has 2 rings (SSSR count). The first kappa shape index (κ1) is 16.9. The van der Waals surface area contributed by atoms with Gasteiger partial charge in [0.1, 0.15) is 0 Å². The number of rotatable bonds is 6. The Bertz CT molecular complexity index is 557. The molecule has 0 saturated carbocycles. The number of sulfonamides is 1. The molecular weight excluding hydrogens is 356 g/mol. The van der Waals surface area contributed by atoms with Crippen LogP contribution in [-0.4, -0.2) is 63.6 Å². The van der Waals surface area contributed by atoms with Gasteiger partial charge in [-0.3, -0.25) is 4.90 Å². The lowest BCUT2D eigenvalue weighted by Gasteiger charge is -2.34. The summed E-state index contributed by atoms with van der Waals surface area (Å²) in [6.07, 6.45) is 0. The van der Waals surface area contributed by atoms with Crippen molar-refractivity contribution in [1.29, 1.82) is 0 Å². The number of piperazine rings is 1. The second-order valence-electron chi connectivity index (χ2n) is 4.87. The standard InChI is InChI=1S/C14H21BrN2O3S/c1-2-20-12-11-16-7-9-17(10-8-16)21(18,19)14-6-4-3-5-13(14)15/h3-6H,2,7-12H2,1H3. The summed E-state index contributed by atoms with van der Waals surface area (Å²) in [4.78, 5) is 2.58. The SMILES string of the molecule is CCOCCN1CCN(S(=O)(=O)c2ccccc2Br)CC1. The van der Waals surface area contributed by atoms with Gasteiger partial charge in [-0.2, -0.15) is 4.31 Å². The molecule has 0 aromatic heterocycles. The summed E-state index contributed by atoms with van der Waals surface area (Å²) in [5.74, 6) is 0. The quantitative estimate of drug-likeness (QED) is 0.710. The molecule has 1 fully saturated rings. The molecule has 1 aromatic carbocycles. The van der Waals surface area contributed by atoms with E-state index in [4.69, 9.17) is 4.74 Å². The highest BCUT2D eigenvalue weighted by molar-refractivity contribution is 9.10. The Morgan fingerprint density at radius 3 is 2.48 bits per heavy atom. The maximum absolute atomic E-state index is 12.6. The van der Waals surface area contributed by atoms with Crippen molar-refractivity contribution >= 4 is 26.0 Å². The van der Waals surface area contributed by atoms with Crippen LogP contribution in [0.25, 0.3) is 0 Å². The summed E-state index contributed by atoms with van der Waals surface area (Å²) in [6.45, 7) is 6.79. The third-order valence-electron chi connectivity index (χ3n) is 3.54. The molecule has 0 radical (unpaired) electrons. The second kappa shape index (κ2) is 7.69. The summed E-state index contributed by atoms with van der Waals surface area (Å²) in [6, 6.07) is 6.96. The van der Waals surface area contributed by atoms with Gasteiger partial charge in [-0.25, -0.2) is 8.42 Å². The minimum absolute atomic E-state index is 0.341. The molecule has 1 aliphatic heterocycles. The number of hydrogen-bond donors (Lipinski definition) is 0. The first-order valence-corrected chi connectivity index (χ1v) is 9.34. The van der Waals surface area contributed by atoms with Crippen molar-refractivity contribution in [2.75, 3.05) is 45.9 Å². The van der Waals surface area contributed by atoms with Crippen LogP contribution in [0.15, 0.2) is 33.6 Å². The largest absolute Gasteiger partial charge is 0.380 e. The Kier molecular flexibility index (Phi) is 6.19. The third-order valence-corrected chi connectivity index (χ3v) is 6.45. The van der Waals surface area contributed by atoms with E-state index in [-0.39, 0.29) is 0 Å². The number of hydrogen-bond acceptors (Lipinski definition) is 4. The molecule has 1 saturated heterocycles. The van der Waals surface area contributed by atoms with Crippen molar-refractivity contribution in [3.05, 3.63) is 28.7 Å². The molecule has 118 valence electrons. The van der Waals surface area contributed by atoms with E-state index in [0.29, 0.717) is 29.1 Å². The number of halogens is 1. The number of benzene rings is 1. The molecule has 0 bridgehead atoms. The Labute approximate surface area is 135 Å². The fourth-order valence-corrected chi connectivity index (χ4v) is 4.71. The third kappa shape index (κ3) is 4.26. The average Bonchev–Trinajstić information content (AvgIpc) is 2.48. The predicted molar refractivity (Wildman–Crippen MR) is 85.8 cm³/mol. The lowest BCUT2D eigenvalue weighted by Crippen LogP contribution is -2.49. The van der Waals surface area contributed by atoms with Gasteiger partial charge < -0.3 is 4.74 Å². The van der Waals surface area contributed by atoms with Crippen LogP contribution in [0.5, 0.6) is 0 Å². The molecule has 0 amide bonds. The lowest BCUT2D eigenvalue weighted by molar-refractivity contribution is 0.0979. The van der Waals surface area contributed by atoms with Crippen LogP contribution >= 0.6 is 15.9 Å². The zero-order chi connectivity index (χ0) is 15.3. The van der Waals surface area contributed by atoms with Crippen molar-refractivity contribution in [3.63, 3.8) is 0 Å². The molecule has 0 unspecified atom stereocenters. The summed E-state index contributed by atoms with van der Waals surface area (Å²) in [5.41, 5.74) is 0. The Hall–Kier alpha value is -0.470. The summed E-state index contributed by atoms with van der Waals surface area (Å²) in [5, 5.41) is 0. The molecular formula is C14H21BrN2O3S. The highest BCUT2D eigenvalue weighted by Gasteiger charge is 2.29. The van der Waals surface area contributed by atoms with Gasteiger partial charge in [-0.05, 0) is 35.0 Å². The topological polar surface area (TPSA) is 49.9 Å². The molecule has 0 spiro atoms. The molecule has 1 aliphatic rings. The molecule has 0 atom stereocenters. The predicted octanol–water partition coefficient (Wildman–Crippen LogP) is 1.79. The summed E-state index contributed by atoms with van der Waals surface area (Å²) >= 11 is 3.32. The number of ether oxygens (including phenoxy) is 1. The minimum Gasteiger partial charge on any atom is -0.380 e. The van der Waals surface area contributed by atoms with Crippen molar-refractivity contribution in [2.24, 2.45) is 0 Å². The van der Waals surface area contributed by atoms with Crippen LogP contribution in [0.2, 0.25) is 0 Å². The van der Waals surface area contributed by atoms with Crippen LogP contribution < -0.4 is 0 Å². The molecule has 0 aliphatic carbocycles. The zero-order valence-electron chi connectivity index (χ0n) is 12.2.